The second kappa shape index (κ2) is 5.46. The highest BCUT2D eigenvalue weighted by Crippen LogP contribution is 2.13. The lowest BCUT2D eigenvalue weighted by Gasteiger charge is -2.20. The quantitative estimate of drug-likeness (QED) is 0.690. The Morgan fingerprint density at radius 1 is 1.56 bits per heavy atom. The summed E-state index contributed by atoms with van der Waals surface area (Å²) in [5, 5.41) is 6.25. The second-order valence-corrected chi connectivity index (χ2v) is 4.53. The van der Waals surface area contributed by atoms with Gasteiger partial charge in [0.15, 0.2) is 0 Å². The molecule has 1 saturated heterocycles. The van der Waals surface area contributed by atoms with Gasteiger partial charge in [-0.25, -0.2) is 0 Å². The third-order valence-electron chi connectivity index (χ3n) is 3.32. The molecule has 0 aromatic heterocycles. The number of rotatable bonds is 3. The SMILES string of the molecule is CO[C@@H]1CN[C@@H](C(=O)N[C@@H]2C=CCCC2)C1. The van der Waals surface area contributed by atoms with Crippen LogP contribution in [-0.2, 0) is 9.53 Å². The lowest BCUT2D eigenvalue weighted by Crippen LogP contribution is -2.44. The topological polar surface area (TPSA) is 50.4 Å². The number of methoxy groups -OCH3 is 1. The molecule has 3 atom stereocenters. The predicted molar refractivity (Wildman–Crippen MR) is 62.1 cm³/mol. The maximum atomic E-state index is 11.9. The molecule has 2 aliphatic rings. The van der Waals surface area contributed by atoms with Crippen molar-refractivity contribution in [1.29, 1.82) is 0 Å². The van der Waals surface area contributed by atoms with Crippen LogP contribution in [0.15, 0.2) is 12.2 Å². The minimum absolute atomic E-state index is 0.0831. The first kappa shape index (κ1) is 11.6. The summed E-state index contributed by atoms with van der Waals surface area (Å²) in [5.41, 5.74) is 0. The summed E-state index contributed by atoms with van der Waals surface area (Å²) in [6.45, 7) is 0.773. The smallest absolute Gasteiger partial charge is 0.237 e. The Morgan fingerprint density at radius 2 is 2.44 bits per heavy atom. The van der Waals surface area contributed by atoms with Crippen LogP contribution in [0.4, 0.5) is 0 Å². The Morgan fingerprint density at radius 3 is 3.06 bits per heavy atom. The molecule has 0 radical (unpaired) electrons. The molecule has 2 N–H and O–H groups in total. The van der Waals surface area contributed by atoms with Gasteiger partial charge in [-0.3, -0.25) is 4.79 Å². The summed E-state index contributed by atoms with van der Waals surface area (Å²) in [4.78, 5) is 11.9. The van der Waals surface area contributed by atoms with E-state index in [9.17, 15) is 4.79 Å². The van der Waals surface area contributed by atoms with E-state index in [1.54, 1.807) is 7.11 Å². The van der Waals surface area contributed by atoms with E-state index in [4.69, 9.17) is 4.74 Å². The molecule has 0 spiro atoms. The monoisotopic (exact) mass is 224 g/mol. The Labute approximate surface area is 96.4 Å². The van der Waals surface area contributed by atoms with Crippen LogP contribution in [0.25, 0.3) is 0 Å². The highest BCUT2D eigenvalue weighted by atomic mass is 16.5. The average Bonchev–Trinajstić information content (AvgIpc) is 2.79. The first-order valence-electron chi connectivity index (χ1n) is 6.03. The number of hydrogen-bond acceptors (Lipinski definition) is 3. The van der Waals surface area contributed by atoms with Gasteiger partial charge >= 0.3 is 0 Å². The van der Waals surface area contributed by atoms with Crippen LogP contribution >= 0.6 is 0 Å². The van der Waals surface area contributed by atoms with Crippen molar-refractivity contribution >= 4 is 5.91 Å². The number of hydrogen-bond donors (Lipinski definition) is 2. The van der Waals surface area contributed by atoms with E-state index in [2.05, 4.69) is 22.8 Å². The number of carbonyl (C=O) groups is 1. The lowest BCUT2D eigenvalue weighted by molar-refractivity contribution is -0.123. The highest BCUT2D eigenvalue weighted by Gasteiger charge is 2.30. The summed E-state index contributed by atoms with van der Waals surface area (Å²) >= 11 is 0. The van der Waals surface area contributed by atoms with Gasteiger partial charge in [0, 0.05) is 19.7 Å². The van der Waals surface area contributed by atoms with E-state index in [1.807, 2.05) is 0 Å². The zero-order valence-corrected chi connectivity index (χ0v) is 9.74. The Hall–Kier alpha value is -0.870. The van der Waals surface area contributed by atoms with Crippen LogP contribution in [0.5, 0.6) is 0 Å². The number of amides is 1. The Kier molecular flexibility index (Phi) is 3.96. The lowest BCUT2D eigenvalue weighted by atomic mass is 10.0. The first-order chi connectivity index (χ1) is 7.79. The summed E-state index contributed by atoms with van der Waals surface area (Å²) in [7, 11) is 1.69. The average molecular weight is 224 g/mol. The minimum atomic E-state index is -0.0831. The molecule has 1 fully saturated rings. The van der Waals surface area contributed by atoms with Gasteiger partial charge < -0.3 is 15.4 Å². The Bertz CT molecular complexity index is 278. The molecular weight excluding hydrogens is 204 g/mol. The van der Waals surface area contributed by atoms with Crippen LogP contribution in [0.2, 0.25) is 0 Å². The predicted octanol–water partition coefficient (Wildman–Crippen LogP) is 0.588. The summed E-state index contributed by atoms with van der Waals surface area (Å²) in [5.74, 6) is 0.108. The van der Waals surface area contributed by atoms with Crippen molar-refractivity contribution in [2.75, 3.05) is 13.7 Å². The number of allylic oxidation sites excluding steroid dienone is 1. The first-order valence-corrected chi connectivity index (χ1v) is 6.03. The highest BCUT2D eigenvalue weighted by molar-refractivity contribution is 5.82. The minimum Gasteiger partial charge on any atom is -0.380 e. The van der Waals surface area contributed by atoms with Crippen molar-refractivity contribution in [2.24, 2.45) is 0 Å². The second-order valence-electron chi connectivity index (χ2n) is 4.53. The van der Waals surface area contributed by atoms with Crippen LogP contribution in [0.1, 0.15) is 25.7 Å². The summed E-state index contributed by atoms with van der Waals surface area (Å²) in [6.07, 6.45) is 8.57. The standard InChI is InChI=1S/C12H20N2O2/c1-16-10-7-11(13-8-10)12(15)14-9-5-3-2-4-6-9/h3,5,9-11,13H,2,4,6-8H2,1H3,(H,14,15)/t9-,10+,11-/m1/s1. The van der Waals surface area contributed by atoms with Gasteiger partial charge in [0.25, 0.3) is 0 Å². The van der Waals surface area contributed by atoms with Crippen LogP contribution in [0, 0.1) is 0 Å². The fraction of sp³-hybridized carbons (Fsp3) is 0.750. The number of nitrogens with one attached hydrogen (secondary N) is 2. The molecule has 0 bridgehead atoms. The van der Waals surface area contributed by atoms with Crippen LogP contribution in [0.3, 0.4) is 0 Å². The fourth-order valence-electron chi connectivity index (χ4n) is 2.30. The molecule has 4 nitrogen and oxygen atoms in total. The number of carbonyl (C=O) groups excluding carboxylic acids is 1. The third kappa shape index (κ3) is 2.83. The fourth-order valence-corrected chi connectivity index (χ4v) is 2.30. The van der Waals surface area contributed by atoms with E-state index in [1.165, 1.54) is 6.42 Å². The molecule has 90 valence electrons. The molecule has 0 aromatic carbocycles. The largest absolute Gasteiger partial charge is 0.380 e. The molecule has 1 amide bonds. The van der Waals surface area contributed by atoms with Gasteiger partial charge in [0.05, 0.1) is 12.1 Å². The van der Waals surface area contributed by atoms with Crippen molar-refractivity contribution in [3.63, 3.8) is 0 Å². The molecule has 1 aliphatic carbocycles. The van der Waals surface area contributed by atoms with Crippen molar-refractivity contribution in [1.82, 2.24) is 10.6 Å². The summed E-state index contributed by atoms with van der Waals surface area (Å²) < 4.78 is 5.23. The van der Waals surface area contributed by atoms with Gasteiger partial charge in [-0.1, -0.05) is 12.2 Å². The zero-order chi connectivity index (χ0) is 11.4. The summed E-state index contributed by atoms with van der Waals surface area (Å²) in [6, 6.07) is 0.143. The molecule has 2 rings (SSSR count). The van der Waals surface area contributed by atoms with E-state index in [-0.39, 0.29) is 24.1 Å². The zero-order valence-electron chi connectivity index (χ0n) is 9.74. The van der Waals surface area contributed by atoms with Crippen molar-refractivity contribution in [2.45, 2.75) is 43.9 Å². The molecule has 0 unspecified atom stereocenters. The normalized spacial score (nSPS) is 33.9. The molecule has 1 heterocycles. The van der Waals surface area contributed by atoms with Crippen molar-refractivity contribution in [3.05, 3.63) is 12.2 Å². The maximum Gasteiger partial charge on any atom is 0.237 e. The molecule has 0 aromatic rings. The van der Waals surface area contributed by atoms with E-state index in [0.29, 0.717) is 0 Å². The van der Waals surface area contributed by atoms with Gasteiger partial charge in [-0.2, -0.15) is 0 Å². The van der Waals surface area contributed by atoms with Gasteiger partial charge in [0.1, 0.15) is 0 Å². The van der Waals surface area contributed by atoms with Crippen LogP contribution < -0.4 is 10.6 Å². The molecule has 1 aliphatic heterocycles. The molecular formula is C12H20N2O2. The van der Waals surface area contributed by atoms with Crippen molar-refractivity contribution in [3.8, 4) is 0 Å². The van der Waals surface area contributed by atoms with E-state index >= 15 is 0 Å². The van der Waals surface area contributed by atoms with Gasteiger partial charge in [-0.05, 0) is 25.7 Å². The van der Waals surface area contributed by atoms with E-state index < -0.39 is 0 Å². The molecule has 4 heteroatoms. The van der Waals surface area contributed by atoms with Gasteiger partial charge in [0.2, 0.25) is 5.91 Å². The van der Waals surface area contributed by atoms with E-state index in [0.717, 1.165) is 25.8 Å². The molecule has 0 saturated carbocycles. The molecule has 16 heavy (non-hydrogen) atoms. The maximum absolute atomic E-state index is 11.9. The van der Waals surface area contributed by atoms with Gasteiger partial charge in [-0.15, -0.1) is 0 Å². The third-order valence-corrected chi connectivity index (χ3v) is 3.32. The Balaban J connectivity index is 1.79. The van der Waals surface area contributed by atoms with Crippen LogP contribution in [-0.4, -0.2) is 37.7 Å². The van der Waals surface area contributed by atoms with Crippen molar-refractivity contribution < 1.29 is 9.53 Å². The number of ether oxygens (including phenoxy) is 1.